The summed E-state index contributed by atoms with van der Waals surface area (Å²) in [6, 6.07) is 86.4. The van der Waals surface area contributed by atoms with Crippen molar-refractivity contribution >= 4 is 80.0 Å². The van der Waals surface area contributed by atoms with Crippen LogP contribution in [0.15, 0.2) is 243 Å². The second-order valence-electron chi connectivity index (χ2n) is 15.4. The quantitative estimate of drug-likeness (QED) is 0.120. The van der Waals surface area contributed by atoms with Crippen molar-refractivity contribution in [2.45, 2.75) is 0 Å². The van der Waals surface area contributed by atoms with Gasteiger partial charge in [-0.2, -0.15) is 0 Å². The van der Waals surface area contributed by atoms with Gasteiger partial charge < -0.3 is 9.80 Å². The molecule has 62 heavy (non-hydrogen) atoms. The average molecular weight is 793 g/mol. The lowest BCUT2D eigenvalue weighted by molar-refractivity contribution is 1.28. The van der Waals surface area contributed by atoms with Crippen LogP contribution in [0, 0.1) is 0 Å². The van der Waals surface area contributed by atoms with E-state index in [4.69, 9.17) is 0 Å². The lowest BCUT2D eigenvalue weighted by Gasteiger charge is -2.25. The molecule has 0 saturated heterocycles. The second-order valence-corrected chi connectivity index (χ2v) is 15.4. The van der Waals surface area contributed by atoms with Crippen molar-refractivity contribution in [2.24, 2.45) is 0 Å². The van der Waals surface area contributed by atoms with Crippen LogP contribution in [0.3, 0.4) is 0 Å². The number of para-hydroxylation sites is 4. The first kappa shape index (κ1) is 38.0. The van der Waals surface area contributed by atoms with Crippen LogP contribution in [0.4, 0.5) is 34.1 Å². The monoisotopic (exact) mass is 792 g/mol. The Balaban J connectivity index is 1.02. The van der Waals surface area contributed by atoms with Crippen molar-refractivity contribution in [3.63, 3.8) is 0 Å². The van der Waals surface area contributed by atoms with E-state index >= 15 is 0 Å². The van der Waals surface area contributed by atoms with Gasteiger partial charge >= 0.3 is 0 Å². The predicted molar refractivity (Wildman–Crippen MR) is 267 cm³/mol. The third-order valence-corrected chi connectivity index (χ3v) is 11.4. The molecular weight excluding hydrogens is 749 g/mol. The van der Waals surface area contributed by atoms with E-state index in [-0.39, 0.29) is 0 Å². The van der Waals surface area contributed by atoms with Crippen LogP contribution in [-0.2, 0) is 0 Å². The van der Waals surface area contributed by atoms with Gasteiger partial charge in [0.1, 0.15) is 0 Å². The first-order valence-electron chi connectivity index (χ1n) is 21.2. The van der Waals surface area contributed by atoms with Crippen molar-refractivity contribution < 1.29 is 0 Å². The minimum atomic E-state index is 1.11. The molecule has 0 fully saturated rings. The number of hydrogen-bond donors (Lipinski definition) is 0. The summed E-state index contributed by atoms with van der Waals surface area (Å²) in [5.74, 6) is 0. The molecule has 0 saturated carbocycles. The van der Waals surface area contributed by atoms with Crippen molar-refractivity contribution in [2.75, 3.05) is 9.80 Å². The fourth-order valence-corrected chi connectivity index (χ4v) is 8.46. The summed E-state index contributed by atoms with van der Waals surface area (Å²) < 4.78 is 0. The maximum absolute atomic E-state index is 2.29. The Morgan fingerprint density at radius 2 is 0.516 bits per heavy atom. The third kappa shape index (κ3) is 7.93. The SMILES string of the molecule is C(=C\c1ccc2ccccc2c1-c1c(/C=C/c2ccc(N(c3ccccc3)c3ccccc3)cc2)ccc2ccccc12)/c1ccc(N(c2ccccc2)c2ccccc2)cc1. The molecule has 0 aliphatic heterocycles. The van der Waals surface area contributed by atoms with Crippen LogP contribution < -0.4 is 9.80 Å². The molecule has 10 rings (SSSR count). The smallest absolute Gasteiger partial charge is 0.0462 e. The Kier molecular flexibility index (Phi) is 10.8. The number of hydrogen-bond acceptors (Lipinski definition) is 2. The summed E-state index contributed by atoms with van der Waals surface area (Å²) in [6.45, 7) is 0. The van der Waals surface area contributed by atoms with E-state index in [0.29, 0.717) is 0 Å². The van der Waals surface area contributed by atoms with E-state index in [1.54, 1.807) is 0 Å². The van der Waals surface area contributed by atoms with E-state index < -0.39 is 0 Å². The van der Waals surface area contributed by atoms with Crippen molar-refractivity contribution in [3.05, 3.63) is 265 Å². The molecule has 0 amide bonds. The molecule has 0 unspecified atom stereocenters. The summed E-state index contributed by atoms with van der Waals surface area (Å²) >= 11 is 0. The lowest BCUT2D eigenvalue weighted by Crippen LogP contribution is -2.09. The molecule has 10 aromatic rings. The molecule has 0 radical (unpaired) electrons. The molecule has 0 aliphatic rings. The van der Waals surface area contributed by atoms with Crippen molar-refractivity contribution in [1.29, 1.82) is 0 Å². The second kappa shape index (κ2) is 17.6. The predicted octanol–water partition coefficient (Wildman–Crippen LogP) is 16.9. The van der Waals surface area contributed by atoms with Crippen LogP contribution in [0.25, 0.3) is 57.0 Å². The Bertz CT molecular complexity index is 2840. The van der Waals surface area contributed by atoms with Crippen LogP contribution in [0.1, 0.15) is 22.3 Å². The highest BCUT2D eigenvalue weighted by atomic mass is 15.1. The van der Waals surface area contributed by atoms with Gasteiger partial charge in [0.15, 0.2) is 0 Å². The molecule has 0 aromatic heterocycles. The van der Waals surface area contributed by atoms with E-state index in [1.807, 2.05) is 0 Å². The van der Waals surface area contributed by atoms with Gasteiger partial charge in [-0.3, -0.25) is 0 Å². The summed E-state index contributed by atoms with van der Waals surface area (Å²) in [7, 11) is 0. The van der Waals surface area contributed by atoms with Gasteiger partial charge in [0.05, 0.1) is 0 Å². The molecule has 2 nitrogen and oxygen atoms in total. The summed E-state index contributed by atoms with van der Waals surface area (Å²) in [5, 5.41) is 4.88. The van der Waals surface area contributed by atoms with Gasteiger partial charge in [0, 0.05) is 34.1 Å². The topological polar surface area (TPSA) is 6.48 Å². The van der Waals surface area contributed by atoms with Gasteiger partial charge in [-0.1, -0.05) is 194 Å². The number of anilines is 6. The van der Waals surface area contributed by atoms with Crippen LogP contribution in [0.5, 0.6) is 0 Å². The van der Waals surface area contributed by atoms with Crippen LogP contribution in [0.2, 0.25) is 0 Å². The fraction of sp³-hybridized carbons (Fsp3) is 0. The number of fused-ring (bicyclic) bond motifs is 2. The Morgan fingerprint density at radius 1 is 0.226 bits per heavy atom. The molecule has 294 valence electrons. The molecule has 0 atom stereocenters. The highest BCUT2D eigenvalue weighted by Crippen LogP contribution is 2.41. The first-order chi connectivity index (χ1) is 30.8. The van der Waals surface area contributed by atoms with E-state index in [0.717, 1.165) is 45.3 Å². The van der Waals surface area contributed by atoms with Gasteiger partial charge in [0.2, 0.25) is 0 Å². The molecule has 0 heterocycles. The molecule has 10 aromatic carbocycles. The Morgan fingerprint density at radius 3 is 0.855 bits per heavy atom. The summed E-state index contributed by atoms with van der Waals surface area (Å²) in [4.78, 5) is 4.59. The normalized spacial score (nSPS) is 11.4. The summed E-state index contributed by atoms with van der Waals surface area (Å²) in [6.07, 6.45) is 9.04. The third-order valence-electron chi connectivity index (χ3n) is 11.4. The zero-order valence-electron chi connectivity index (χ0n) is 34.3. The zero-order chi connectivity index (χ0) is 41.5. The largest absolute Gasteiger partial charge is 0.311 e. The van der Waals surface area contributed by atoms with Gasteiger partial charge in [-0.25, -0.2) is 0 Å². The van der Waals surface area contributed by atoms with Crippen LogP contribution >= 0.6 is 0 Å². The fourth-order valence-electron chi connectivity index (χ4n) is 8.46. The standard InChI is InChI=1S/C60H44N2/c1-5-19-51(20-6-1)61(52-21-7-2-8-22-52)55-41-31-45(32-42-55)29-35-49-39-37-47-17-13-15-27-57(47)59(49)60-50(40-38-48-18-14-16-28-58(48)60)36-30-46-33-43-56(44-34-46)62(53-23-9-3-10-24-53)54-25-11-4-12-26-54/h1-44H/b35-29+,36-30+. The zero-order valence-corrected chi connectivity index (χ0v) is 34.3. The molecule has 0 bridgehead atoms. The lowest BCUT2D eigenvalue weighted by atomic mass is 9.86. The maximum atomic E-state index is 2.29. The minimum Gasteiger partial charge on any atom is -0.311 e. The van der Waals surface area contributed by atoms with E-state index in [9.17, 15) is 0 Å². The van der Waals surface area contributed by atoms with Gasteiger partial charge in [-0.15, -0.1) is 0 Å². The van der Waals surface area contributed by atoms with Crippen molar-refractivity contribution in [1.82, 2.24) is 0 Å². The molecule has 0 spiro atoms. The molecular formula is C60H44N2. The van der Waals surface area contributed by atoms with Crippen molar-refractivity contribution in [3.8, 4) is 11.1 Å². The van der Waals surface area contributed by atoms with Gasteiger partial charge in [-0.05, 0) is 128 Å². The minimum absolute atomic E-state index is 1.11. The average Bonchev–Trinajstić information content (AvgIpc) is 3.35. The number of nitrogens with zero attached hydrogens (tertiary/aromatic N) is 2. The highest BCUT2D eigenvalue weighted by molar-refractivity contribution is 6.11. The van der Waals surface area contributed by atoms with E-state index in [2.05, 4.69) is 277 Å². The highest BCUT2D eigenvalue weighted by Gasteiger charge is 2.17. The summed E-state index contributed by atoms with van der Waals surface area (Å²) in [5.41, 5.74) is 13.8. The first-order valence-corrected chi connectivity index (χ1v) is 21.2. The molecule has 0 N–H and O–H groups in total. The number of rotatable bonds is 11. The Labute approximate surface area is 364 Å². The van der Waals surface area contributed by atoms with Gasteiger partial charge in [0.25, 0.3) is 0 Å². The molecule has 0 aliphatic carbocycles. The van der Waals surface area contributed by atoms with E-state index in [1.165, 1.54) is 43.8 Å². The Hall–Kier alpha value is -8.20. The number of benzene rings is 10. The maximum Gasteiger partial charge on any atom is 0.0462 e. The molecule has 2 heteroatoms. The van der Waals surface area contributed by atoms with Crippen LogP contribution in [-0.4, -0.2) is 0 Å².